The van der Waals surface area contributed by atoms with E-state index in [0.717, 1.165) is 11.1 Å². The van der Waals surface area contributed by atoms with Crippen molar-refractivity contribution in [2.45, 2.75) is 20.8 Å². The number of carbonyl (C=O) groups excluding carboxylic acids is 1. The van der Waals surface area contributed by atoms with E-state index in [2.05, 4.69) is 0 Å². The first kappa shape index (κ1) is 11.0. The maximum atomic E-state index is 11.7. The van der Waals surface area contributed by atoms with E-state index < -0.39 is 0 Å². The zero-order valence-corrected chi connectivity index (χ0v) is 9.35. The maximum absolute atomic E-state index is 11.7. The molecule has 0 N–H and O–H groups in total. The molecule has 0 spiro atoms. The van der Waals surface area contributed by atoms with Gasteiger partial charge in [0.2, 0.25) is 0 Å². The number of ketones is 1. The van der Waals surface area contributed by atoms with Crippen LogP contribution in [0.1, 0.15) is 29.8 Å². The largest absolute Gasteiger partial charge is 0.289 e. The number of aryl methyl sites for hydroxylation is 1. The lowest BCUT2D eigenvalue weighted by Gasteiger charge is -2.02. The third-order valence-corrected chi connectivity index (χ3v) is 2.38. The van der Waals surface area contributed by atoms with Gasteiger partial charge in [-0.1, -0.05) is 29.3 Å². The Hall–Kier alpha value is -1.08. The maximum Gasteiger partial charge on any atom is 0.187 e. The summed E-state index contributed by atoms with van der Waals surface area (Å²) in [6.07, 6.45) is 1.60. The smallest absolute Gasteiger partial charge is 0.187 e. The minimum Gasteiger partial charge on any atom is -0.289 e. The summed E-state index contributed by atoms with van der Waals surface area (Å²) in [5, 5.41) is 0.551. The summed E-state index contributed by atoms with van der Waals surface area (Å²) in [7, 11) is 0. The highest BCUT2D eigenvalue weighted by Gasteiger charge is 2.08. The molecular weight excluding hydrogens is 196 g/mol. The van der Waals surface area contributed by atoms with Gasteiger partial charge in [-0.2, -0.15) is 0 Å². The Bertz CT molecular complexity index is 387. The molecule has 0 radical (unpaired) electrons. The highest BCUT2D eigenvalue weighted by molar-refractivity contribution is 6.35. The van der Waals surface area contributed by atoms with E-state index in [4.69, 9.17) is 11.6 Å². The molecule has 1 aromatic rings. The summed E-state index contributed by atoms with van der Waals surface area (Å²) < 4.78 is 0. The van der Waals surface area contributed by atoms with Crippen molar-refractivity contribution in [3.05, 3.63) is 46.0 Å². The van der Waals surface area contributed by atoms with Crippen LogP contribution in [0.25, 0.3) is 0 Å². The Morgan fingerprint density at radius 2 is 2.00 bits per heavy atom. The second-order valence-electron chi connectivity index (χ2n) is 3.52. The summed E-state index contributed by atoms with van der Waals surface area (Å²) in [6.45, 7) is 5.67. The molecule has 2 heteroatoms. The summed E-state index contributed by atoms with van der Waals surface area (Å²) in [6, 6.07) is 5.48. The summed E-state index contributed by atoms with van der Waals surface area (Å²) in [4.78, 5) is 11.7. The third-order valence-electron chi connectivity index (χ3n) is 1.88. The van der Waals surface area contributed by atoms with E-state index in [0.29, 0.717) is 10.6 Å². The molecule has 0 atom stereocenters. The number of benzene rings is 1. The van der Waals surface area contributed by atoms with Crippen molar-refractivity contribution in [1.29, 1.82) is 0 Å². The van der Waals surface area contributed by atoms with Crippen molar-refractivity contribution in [3.63, 3.8) is 0 Å². The van der Waals surface area contributed by atoms with Crippen LogP contribution in [0.5, 0.6) is 0 Å². The van der Waals surface area contributed by atoms with Crippen LogP contribution < -0.4 is 0 Å². The van der Waals surface area contributed by atoms with Crippen molar-refractivity contribution < 1.29 is 4.79 Å². The molecule has 1 aromatic carbocycles. The van der Waals surface area contributed by atoms with Crippen LogP contribution in [0.2, 0.25) is 5.02 Å². The van der Waals surface area contributed by atoms with Crippen molar-refractivity contribution in [1.82, 2.24) is 0 Å². The van der Waals surface area contributed by atoms with Gasteiger partial charge < -0.3 is 0 Å². The molecule has 0 bridgehead atoms. The predicted octanol–water partition coefficient (Wildman–Crippen LogP) is 3.80. The minimum absolute atomic E-state index is 0.0290. The normalized spacial score (nSPS) is 9.71. The molecule has 0 aliphatic carbocycles. The standard InChI is InChI=1S/C12H13ClO/c1-8(2)7-11(14)10-6-4-5-9(3)12(10)13/h4-7H,1-3H3. The van der Waals surface area contributed by atoms with Gasteiger partial charge in [0, 0.05) is 5.56 Å². The molecule has 0 aliphatic rings. The first-order chi connectivity index (χ1) is 6.52. The van der Waals surface area contributed by atoms with Gasteiger partial charge in [-0.15, -0.1) is 0 Å². The van der Waals surface area contributed by atoms with E-state index in [1.807, 2.05) is 32.9 Å². The molecule has 0 amide bonds. The van der Waals surface area contributed by atoms with Crippen molar-refractivity contribution in [2.75, 3.05) is 0 Å². The molecule has 1 nitrogen and oxygen atoms in total. The van der Waals surface area contributed by atoms with Gasteiger partial charge in [-0.05, 0) is 38.5 Å². The van der Waals surface area contributed by atoms with E-state index in [-0.39, 0.29) is 5.78 Å². The number of carbonyl (C=O) groups is 1. The molecule has 0 saturated carbocycles. The van der Waals surface area contributed by atoms with Crippen LogP contribution in [0.4, 0.5) is 0 Å². The molecule has 0 fully saturated rings. The average molecular weight is 209 g/mol. The zero-order valence-electron chi connectivity index (χ0n) is 8.60. The van der Waals surface area contributed by atoms with Gasteiger partial charge in [0.15, 0.2) is 5.78 Å². The number of hydrogen-bond acceptors (Lipinski definition) is 1. The quantitative estimate of drug-likeness (QED) is 0.534. The van der Waals surface area contributed by atoms with Crippen molar-refractivity contribution in [3.8, 4) is 0 Å². The van der Waals surface area contributed by atoms with Gasteiger partial charge >= 0.3 is 0 Å². The molecule has 1 rings (SSSR count). The Morgan fingerprint density at radius 3 is 2.57 bits per heavy atom. The topological polar surface area (TPSA) is 17.1 Å². The van der Waals surface area contributed by atoms with Crippen LogP contribution in [0, 0.1) is 6.92 Å². The van der Waals surface area contributed by atoms with Crippen LogP contribution in [0.3, 0.4) is 0 Å². The van der Waals surface area contributed by atoms with Gasteiger partial charge in [0.25, 0.3) is 0 Å². The Morgan fingerprint density at radius 1 is 1.36 bits per heavy atom. The lowest BCUT2D eigenvalue weighted by Crippen LogP contribution is -1.97. The molecule has 14 heavy (non-hydrogen) atoms. The van der Waals surface area contributed by atoms with E-state index >= 15 is 0 Å². The molecular formula is C12H13ClO. The first-order valence-electron chi connectivity index (χ1n) is 4.46. The van der Waals surface area contributed by atoms with E-state index in [1.165, 1.54) is 0 Å². The van der Waals surface area contributed by atoms with Gasteiger partial charge in [0.1, 0.15) is 0 Å². The Labute approximate surface area is 89.4 Å². The van der Waals surface area contributed by atoms with E-state index in [1.54, 1.807) is 12.1 Å². The fraction of sp³-hybridized carbons (Fsp3) is 0.250. The lowest BCUT2D eigenvalue weighted by atomic mass is 10.1. The number of halogens is 1. The van der Waals surface area contributed by atoms with E-state index in [9.17, 15) is 4.79 Å². The van der Waals surface area contributed by atoms with Crippen molar-refractivity contribution in [2.24, 2.45) is 0 Å². The highest BCUT2D eigenvalue weighted by Crippen LogP contribution is 2.21. The predicted molar refractivity (Wildman–Crippen MR) is 60.0 cm³/mol. The fourth-order valence-corrected chi connectivity index (χ4v) is 1.40. The van der Waals surface area contributed by atoms with Crippen molar-refractivity contribution >= 4 is 17.4 Å². The molecule has 0 aliphatic heterocycles. The molecule has 0 aromatic heterocycles. The van der Waals surface area contributed by atoms with Gasteiger partial charge in [-0.25, -0.2) is 0 Å². The number of allylic oxidation sites excluding steroid dienone is 2. The average Bonchev–Trinajstić information content (AvgIpc) is 2.08. The second-order valence-corrected chi connectivity index (χ2v) is 3.90. The summed E-state index contributed by atoms with van der Waals surface area (Å²) in [5.74, 6) is -0.0290. The summed E-state index contributed by atoms with van der Waals surface area (Å²) in [5.41, 5.74) is 2.49. The first-order valence-corrected chi connectivity index (χ1v) is 4.84. The monoisotopic (exact) mass is 208 g/mol. The third kappa shape index (κ3) is 2.46. The number of rotatable bonds is 2. The highest BCUT2D eigenvalue weighted by atomic mass is 35.5. The molecule has 0 unspecified atom stereocenters. The minimum atomic E-state index is -0.0290. The zero-order chi connectivity index (χ0) is 10.7. The van der Waals surface area contributed by atoms with Gasteiger partial charge in [-0.3, -0.25) is 4.79 Å². The van der Waals surface area contributed by atoms with Crippen LogP contribution in [-0.2, 0) is 0 Å². The van der Waals surface area contributed by atoms with Crippen LogP contribution in [0.15, 0.2) is 29.8 Å². The Balaban J connectivity index is 3.14. The molecule has 0 heterocycles. The fourth-order valence-electron chi connectivity index (χ4n) is 1.18. The lowest BCUT2D eigenvalue weighted by molar-refractivity contribution is 0.104. The van der Waals surface area contributed by atoms with Crippen LogP contribution in [-0.4, -0.2) is 5.78 Å². The SMILES string of the molecule is CC(C)=CC(=O)c1cccc(C)c1Cl. The Kier molecular flexibility index (Phi) is 3.48. The van der Waals surface area contributed by atoms with Crippen LogP contribution >= 0.6 is 11.6 Å². The second kappa shape index (κ2) is 4.43. The molecule has 74 valence electrons. The number of hydrogen-bond donors (Lipinski definition) is 0. The molecule has 0 saturated heterocycles. The summed E-state index contributed by atoms with van der Waals surface area (Å²) >= 11 is 6.02. The van der Waals surface area contributed by atoms with Gasteiger partial charge in [0.05, 0.1) is 5.02 Å².